The first kappa shape index (κ1) is 16.3. The van der Waals surface area contributed by atoms with Crippen molar-refractivity contribution < 1.29 is 21.9 Å². The Morgan fingerprint density at radius 3 is 2.33 bits per heavy atom. The van der Waals surface area contributed by atoms with E-state index in [2.05, 4.69) is 0 Å². The molecule has 1 aliphatic rings. The molecule has 1 aromatic rings. The van der Waals surface area contributed by atoms with E-state index in [9.17, 15) is 21.9 Å². The summed E-state index contributed by atoms with van der Waals surface area (Å²) < 4.78 is 47.2. The van der Waals surface area contributed by atoms with Crippen molar-refractivity contribution in [3.05, 3.63) is 18.2 Å². The molecule has 0 bridgehead atoms. The van der Waals surface area contributed by atoms with Gasteiger partial charge in [0.05, 0.1) is 21.6 Å². The Bertz CT molecular complexity index is 740. The third-order valence-corrected chi connectivity index (χ3v) is 5.73. The molecule has 0 amide bonds. The van der Waals surface area contributed by atoms with Crippen molar-refractivity contribution in [1.29, 1.82) is 0 Å². The fraction of sp³-hybridized carbons (Fsp3) is 0.538. The number of aliphatic hydroxyl groups is 1. The lowest BCUT2D eigenvalue weighted by Gasteiger charge is -2.33. The lowest BCUT2D eigenvalue weighted by atomic mass is 10.1. The van der Waals surface area contributed by atoms with Gasteiger partial charge in [-0.15, -0.1) is 0 Å². The Balaban J connectivity index is 2.56. The second kappa shape index (κ2) is 5.58. The van der Waals surface area contributed by atoms with Crippen LogP contribution in [-0.2, 0) is 19.7 Å². The molecule has 118 valence electrons. The second-order valence-electron chi connectivity index (χ2n) is 5.42. The number of nitrogens with zero attached hydrogens (tertiary/aromatic N) is 1. The molecule has 1 aliphatic heterocycles. The monoisotopic (exact) mass is 333 g/mol. The summed E-state index contributed by atoms with van der Waals surface area (Å²) in [7, 11) is -7.05. The predicted octanol–water partition coefficient (Wildman–Crippen LogP) is 0.455. The predicted molar refractivity (Wildman–Crippen MR) is 80.1 cm³/mol. The van der Waals surface area contributed by atoms with Crippen LogP contribution in [0.2, 0.25) is 0 Å². The van der Waals surface area contributed by atoms with Crippen LogP contribution in [0, 0.1) is 0 Å². The molecular formula is C13H19NO5S2. The molecule has 1 fully saturated rings. The Kier molecular flexibility index (Phi) is 4.32. The van der Waals surface area contributed by atoms with Gasteiger partial charge in [0, 0.05) is 25.6 Å². The van der Waals surface area contributed by atoms with E-state index in [-0.39, 0.29) is 9.79 Å². The van der Waals surface area contributed by atoms with Crippen molar-refractivity contribution in [2.75, 3.05) is 30.5 Å². The summed E-state index contributed by atoms with van der Waals surface area (Å²) in [6.07, 6.45) is 3.04. The first-order valence-corrected chi connectivity index (χ1v) is 10.3. The highest BCUT2D eigenvalue weighted by molar-refractivity contribution is 7.91. The maximum atomic E-state index is 12.0. The highest BCUT2D eigenvalue weighted by Crippen LogP contribution is 2.30. The quantitative estimate of drug-likeness (QED) is 0.864. The molecule has 1 unspecified atom stereocenters. The van der Waals surface area contributed by atoms with Gasteiger partial charge in [0.1, 0.15) is 0 Å². The average molecular weight is 333 g/mol. The molecule has 1 aromatic carbocycles. The van der Waals surface area contributed by atoms with Gasteiger partial charge in [-0.05, 0) is 31.0 Å². The molecule has 0 radical (unpaired) electrons. The van der Waals surface area contributed by atoms with E-state index in [1.54, 1.807) is 4.90 Å². The van der Waals surface area contributed by atoms with Crippen LogP contribution < -0.4 is 4.90 Å². The standard InChI is InChI=1S/C13H19NO5S2/c1-20(16,17)11-5-6-12(13(8-11)21(2,18)19)14-7-3-4-10(15)9-14/h5-6,8,10,15H,3-4,7,9H2,1-2H3. The van der Waals surface area contributed by atoms with Gasteiger partial charge in [-0.25, -0.2) is 16.8 Å². The van der Waals surface area contributed by atoms with Crippen LogP contribution in [-0.4, -0.2) is 53.6 Å². The molecule has 21 heavy (non-hydrogen) atoms. The summed E-state index contributed by atoms with van der Waals surface area (Å²) in [6, 6.07) is 4.10. The number of piperidine rings is 1. The van der Waals surface area contributed by atoms with Gasteiger partial charge in [-0.2, -0.15) is 0 Å². The molecule has 2 rings (SSSR count). The van der Waals surface area contributed by atoms with Gasteiger partial charge in [0.15, 0.2) is 19.7 Å². The van der Waals surface area contributed by atoms with Crippen LogP contribution in [0.1, 0.15) is 12.8 Å². The largest absolute Gasteiger partial charge is 0.391 e. The molecule has 0 saturated carbocycles. The zero-order valence-corrected chi connectivity index (χ0v) is 13.6. The average Bonchev–Trinajstić information content (AvgIpc) is 2.36. The van der Waals surface area contributed by atoms with Gasteiger partial charge >= 0.3 is 0 Å². The summed E-state index contributed by atoms with van der Waals surface area (Å²) in [5.74, 6) is 0. The van der Waals surface area contributed by atoms with Crippen LogP contribution in [0.3, 0.4) is 0 Å². The van der Waals surface area contributed by atoms with Crippen LogP contribution >= 0.6 is 0 Å². The van der Waals surface area contributed by atoms with Crippen molar-refractivity contribution in [3.8, 4) is 0 Å². The molecule has 1 atom stereocenters. The number of sulfone groups is 2. The number of aliphatic hydroxyl groups excluding tert-OH is 1. The van der Waals surface area contributed by atoms with E-state index in [4.69, 9.17) is 0 Å². The minimum Gasteiger partial charge on any atom is -0.391 e. The highest BCUT2D eigenvalue weighted by atomic mass is 32.2. The fourth-order valence-corrected chi connectivity index (χ4v) is 4.10. The van der Waals surface area contributed by atoms with Crippen LogP contribution in [0.5, 0.6) is 0 Å². The second-order valence-corrected chi connectivity index (χ2v) is 9.42. The summed E-state index contributed by atoms with van der Waals surface area (Å²) in [4.78, 5) is 1.75. The lowest BCUT2D eigenvalue weighted by Crippen LogP contribution is -2.38. The van der Waals surface area contributed by atoms with Crippen molar-refractivity contribution >= 4 is 25.4 Å². The SMILES string of the molecule is CS(=O)(=O)c1ccc(N2CCCC(O)C2)c(S(C)(=O)=O)c1. The van der Waals surface area contributed by atoms with E-state index in [0.717, 1.165) is 18.9 Å². The van der Waals surface area contributed by atoms with E-state index < -0.39 is 25.8 Å². The number of anilines is 1. The number of hydrogen-bond donors (Lipinski definition) is 1. The fourth-order valence-electron chi connectivity index (χ4n) is 2.46. The Hall–Kier alpha value is -1.12. The third kappa shape index (κ3) is 3.75. The smallest absolute Gasteiger partial charge is 0.177 e. The van der Waals surface area contributed by atoms with Crippen LogP contribution in [0.25, 0.3) is 0 Å². The molecule has 0 aromatic heterocycles. The number of rotatable bonds is 3. The van der Waals surface area contributed by atoms with Gasteiger partial charge in [0.25, 0.3) is 0 Å². The van der Waals surface area contributed by atoms with Gasteiger partial charge in [0.2, 0.25) is 0 Å². The van der Waals surface area contributed by atoms with E-state index in [1.807, 2.05) is 0 Å². The number of benzene rings is 1. The van der Waals surface area contributed by atoms with Gasteiger partial charge < -0.3 is 10.0 Å². The minimum atomic E-state index is -3.57. The maximum absolute atomic E-state index is 12.0. The van der Waals surface area contributed by atoms with Crippen molar-refractivity contribution in [2.45, 2.75) is 28.7 Å². The topological polar surface area (TPSA) is 91.8 Å². The van der Waals surface area contributed by atoms with Crippen molar-refractivity contribution in [3.63, 3.8) is 0 Å². The lowest BCUT2D eigenvalue weighted by molar-refractivity contribution is 0.154. The molecule has 8 heteroatoms. The van der Waals surface area contributed by atoms with E-state index in [1.165, 1.54) is 18.2 Å². The number of hydrogen-bond acceptors (Lipinski definition) is 6. The Morgan fingerprint density at radius 2 is 1.81 bits per heavy atom. The highest BCUT2D eigenvalue weighted by Gasteiger charge is 2.24. The zero-order chi connectivity index (χ0) is 15.8. The Labute approximate surface area is 125 Å². The van der Waals surface area contributed by atoms with E-state index in [0.29, 0.717) is 25.2 Å². The molecule has 0 spiro atoms. The van der Waals surface area contributed by atoms with Crippen molar-refractivity contribution in [1.82, 2.24) is 0 Å². The summed E-state index contributed by atoms with van der Waals surface area (Å²) in [5, 5.41) is 9.73. The Morgan fingerprint density at radius 1 is 1.14 bits per heavy atom. The summed E-state index contributed by atoms with van der Waals surface area (Å²) in [6.45, 7) is 0.985. The summed E-state index contributed by atoms with van der Waals surface area (Å²) in [5.41, 5.74) is 0.448. The third-order valence-electron chi connectivity index (χ3n) is 3.50. The normalized spacial score (nSPS) is 20.5. The molecular weight excluding hydrogens is 314 g/mol. The number of β-amino-alcohol motifs (C(OH)–C–C–N with tert-alkyl or cyclic N) is 1. The molecule has 1 N–H and O–H groups in total. The van der Waals surface area contributed by atoms with Crippen LogP contribution in [0.4, 0.5) is 5.69 Å². The first-order chi connectivity index (χ1) is 9.59. The summed E-state index contributed by atoms with van der Waals surface area (Å²) >= 11 is 0. The van der Waals surface area contributed by atoms with Gasteiger partial charge in [-0.1, -0.05) is 0 Å². The molecule has 6 nitrogen and oxygen atoms in total. The molecule has 0 aliphatic carbocycles. The van der Waals surface area contributed by atoms with Crippen LogP contribution in [0.15, 0.2) is 28.0 Å². The first-order valence-electron chi connectivity index (χ1n) is 6.56. The zero-order valence-electron chi connectivity index (χ0n) is 12.0. The van der Waals surface area contributed by atoms with Gasteiger partial charge in [-0.3, -0.25) is 0 Å². The van der Waals surface area contributed by atoms with Crippen molar-refractivity contribution in [2.24, 2.45) is 0 Å². The molecule has 1 heterocycles. The minimum absolute atomic E-state index is 0.0143. The van der Waals surface area contributed by atoms with E-state index >= 15 is 0 Å². The molecule has 1 saturated heterocycles. The maximum Gasteiger partial charge on any atom is 0.177 e.